The van der Waals surface area contributed by atoms with E-state index in [-0.39, 0.29) is 0 Å². The molecule has 0 saturated carbocycles. The summed E-state index contributed by atoms with van der Waals surface area (Å²) in [6.07, 6.45) is 0.785. The molecular weight excluding hydrogens is 438 g/mol. The molecule has 0 aliphatic rings. The zero-order valence-electron chi connectivity index (χ0n) is 11.7. The first-order valence-electron chi connectivity index (χ1n) is 6.53. The van der Waals surface area contributed by atoms with Crippen LogP contribution in [0.25, 0.3) is 0 Å². The van der Waals surface area contributed by atoms with Crippen molar-refractivity contribution in [3.8, 4) is 11.5 Å². The van der Waals surface area contributed by atoms with E-state index in [0.29, 0.717) is 40.3 Å². The molecular formula is C16H13Cl2IO3. The van der Waals surface area contributed by atoms with Crippen molar-refractivity contribution >= 4 is 52.1 Å². The summed E-state index contributed by atoms with van der Waals surface area (Å²) < 4.78 is 12.2. The van der Waals surface area contributed by atoms with E-state index >= 15 is 0 Å². The van der Waals surface area contributed by atoms with Crippen LogP contribution in [0.15, 0.2) is 30.3 Å². The van der Waals surface area contributed by atoms with Crippen molar-refractivity contribution in [3.63, 3.8) is 0 Å². The Bertz CT molecular complexity index is 689. The summed E-state index contributed by atoms with van der Waals surface area (Å²) in [5.74, 6) is 1.16. The SMILES string of the molecule is CCOc1cc(C=O)cc(I)c1OCc1ccc(Cl)c(Cl)c1. The van der Waals surface area contributed by atoms with Crippen LogP contribution in [-0.4, -0.2) is 12.9 Å². The molecule has 0 heterocycles. The fourth-order valence-electron chi connectivity index (χ4n) is 1.84. The number of carbonyl (C=O) groups is 1. The fraction of sp³-hybridized carbons (Fsp3) is 0.188. The van der Waals surface area contributed by atoms with Gasteiger partial charge in [-0.05, 0) is 59.3 Å². The number of hydrogen-bond acceptors (Lipinski definition) is 3. The van der Waals surface area contributed by atoms with Gasteiger partial charge in [0, 0.05) is 5.56 Å². The summed E-state index contributed by atoms with van der Waals surface area (Å²) in [5, 5.41) is 0.990. The molecule has 0 radical (unpaired) electrons. The quantitative estimate of drug-likeness (QED) is 0.437. The highest BCUT2D eigenvalue weighted by Gasteiger charge is 2.12. The van der Waals surface area contributed by atoms with Gasteiger partial charge in [-0.25, -0.2) is 0 Å². The van der Waals surface area contributed by atoms with Crippen molar-refractivity contribution in [2.24, 2.45) is 0 Å². The Hall–Kier alpha value is -0.980. The Labute approximate surface area is 152 Å². The van der Waals surface area contributed by atoms with E-state index < -0.39 is 0 Å². The van der Waals surface area contributed by atoms with Gasteiger partial charge in [-0.15, -0.1) is 0 Å². The standard InChI is InChI=1S/C16H13Cl2IO3/c1-2-21-15-7-11(8-20)6-14(19)16(15)22-9-10-3-4-12(17)13(18)5-10/h3-8H,2,9H2,1H3. The molecule has 0 fully saturated rings. The molecule has 2 rings (SSSR count). The molecule has 0 bridgehead atoms. The van der Waals surface area contributed by atoms with Crippen LogP contribution in [0, 0.1) is 3.57 Å². The highest BCUT2D eigenvalue weighted by Crippen LogP contribution is 2.34. The van der Waals surface area contributed by atoms with Gasteiger partial charge < -0.3 is 9.47 Å². The third-order valence-corrected chi connectivity index (χ3v) is 4.38. The van der Waals surface area contributed by atoms with Gasteiger partial charge in [0.2, 0.25) is 0 Å². The molecule has 0 unspecified atom stereocenters. The van der Waals surface area contributed by atoms with E-state index in [4.69, 9.17) is 32.7 Å². The zero-order valence-corrected chi connectivity index (χ0v) is 15.4. The van der Waals surface area contributed by atoms with Gasteiger partial charge >= 0.3 is 0 Å². The second-order valence-corrected chi connectivity index (χ2v) is 6.39. The average molecular weight is 451 g/mol. The van der Waals surface area contributed by atoms with Gasteiger partial charge in [0.15, 0.2) is 11.5 Å². The predicted molar refractivity (Wildman–Crippen MR) is 96.5 cm³/mol. The molecule has 116 valence electrons. The lowest BCUT2D eigenvalue weighted by atomic mass is 10.2. The Morgan fingerprint density at radius 2 is 1.91 bits per heavy atom. The summed E-state index contributed by atoms with van der Waals surface area (Å²) in [7, 11) is 0. The number of benzene rings is 2. The van der Waals surface area contributed by atoms with E-state index in [2.05, 4.69) is 22.6 Å². The number of rotatable bonds is 6. The van der Waals surface area contributed by atoms with Crippen LogP contribution in [-0.2, 0) is 6.61 Å². The minimum absolute atomic E-state index is 0.327. The largest absolute Gasteiger partial charge is 0.490 e. The highest BCUT2D eigenvalue weighted by molar-refractivity contribution is 14.1. The molecule has 0 aliphatic carbocycles. The maximum absolute atomic E-state index is 10.9. The normalized spacial score (nSPS) is 10.4. The molecule has 0 aromatic heterocycles. The Balaban J connectivity index is 2.24. The Morgan fingerprint density at radius 3 is 2.55 bits per heavy atom. The van der Waals surface area contributed by atoms with Gasteiger partial charge in [-0.2, -0.15) is 0 Å². The number of carbonyl (C=O) groups excluding carboxylic acids is 1. The van der Waals surface area contributed by atoms with Crippen LogP contribution in [0.2, 0.25) is 10.0 Å². The van der Waals surface area contributed by atoms with Crippen molar-refractivity contribution in [1.29, 1.82) is 0 Å². The van der Waals surface area contributed by atoms with Gasteiger partial charge in [-0.1, -0.05) is 29.3 Å². The Morgan fingerprint density at radius 1 is 1.14 bits per heavy atom. The lowest BCUT2D eigenvalue weighted by Crippen LogP contribution is -2.02. The first-order chi connectivity index (χ1) is 10.5. The van der Waals surface area contributed by atoms with E-state index in [0.717, 1.165) is 15.4 Å². The smallest absolute Gasteiger partial charge is 0.175 e. The van der Waals surface area contributed by atoms with Gasteiger partial charge in [0.1, 0.15) is 12.9 Å². The second kappa shape index (κ2) is 8.04. The van der Waals surface area contributed by atoms with Crippen LogP contribution < -0.4 is 9.47 Å². The van der Waals surface area contributed by atoms with Gasteiger partial charge in [-0.3, -0.25) is 4.79 Å². The number of hydrogen-bond donors (Lipinski definition) is 0. The minimum atomic E-state index is 0.327. The number of ether oxygens (including phenoxy) is 2. The van der Waals surface area contributed by atoms with Crippen LogP contribution in [0.3, 0.4) is 0 Å². The zero-order chi connectivity index (χ0) is 16.1. The van der Waals surface area contributed by atoms with E-state index in [9.17, 15) is 4.79 Å². The molecule has 0 saturated heterocycles. The molecule has 0 aliphatic heterocycles. The molecule has 3 nitrogen and oxygen atoms in total. The minimum Gasteiger partial charge on any atom is -0.490 e. The van der Waals surface area contributed by atoms with E-state index in [1.807, 2.05) is 13.0 Å². The lowest BCUT2D eigenvalue weighted by molar-refractivity contribution is 0.112. The molecule has 0 spiro atoms. The first kappa shape index (κ1) is 17.4. The monoisotopic (exact) mass is 450 g/mol. The average Bonchev–Trinajstić information content (AvgIpc) is 2.50. The summed E-state index contributed by atoms with van der Waals surface area (Å²) in [6.45, 7) is 2.69. The summed E-state index contributed by atoms with van der Waals surface area (Å²) in [6, 6.07) is 8.76. The van der Waals surface area contributed by atoms with Crippen molar-refractivity contribution in [1.82, 2.24) is 0 Å². The second-order valence-electron chi connectivity index (χ2n) is 4.42. The first-order valence-corrected chi connectivity index (χ1v) is 8.36. The van der Waals surface area contributed by atoms with Crippen molar-refractivity contribution in [2.45, 2.75) is 13.5 Å². The highest BCUT2D eigenvalue weighted by atomic mass is 127. The molecule has 6 heteroatoms. The maximum Gasteiger partial charge on any atom is 0.175 e. The molecule has 2 aromatic carbocycles. The van der Waals surface area contributed by atoms with E-state index in [1.165, 1.54) is 0 Å². The molecule has 22 heavy (non-hydrogen) atoms. The lowest BCUT2D eigenvalue weighted by Gasteiger charge is -2.14. The van der Waals surface area contributed by atoms with E-state index in [1.54, 1.807) is 24.3 Å². The molecule has 2 aromatic rings. The summed E-state index contributed by atoms with van der Waals surface area (Å²) in [5.41, 5.74) is 1.45. The van der Waals surface area contributed by atoms with Gasteiger partial charge in [0.05, 0.1) is 20.2 Å². The summed E-state index contributed by atoms with van der Waals surface area (Å²) in [4.78, 5) is 10.9. The topological polar surface area (TPSA) is 35.5 Å². The van der Waals surface area contributed by atoms with Crippen LogP contribution in [0.5, 0.6) is 11.5 Å². The van der Waals surface area contributed by atoms with Crippen molar-refractivity contribution < 1.29 is 14.3 Å². The van der Waals surface area contributed by atoms with Crippen LogP contribution in [0.4, 0.5) is 0 Å². The fourth-order valence-corrected chi connectivity index (χ4v) is 2.95. The third kappa shape index (κ3) is 4.27. The van der Waals surface area contributed by atoms with Crippen LogP contribution in [0.1, 0.15) is 22.8 Å². The third-order valence-electron chi connectivity index (χ3n) is 2.83. The molecule has 0 amide bonds. The van der Waals surface area contributed by atoms with Crippen molar-refractivity contribution in [3.05, 3.63) is 55.1 Å². The van der Waals surface area contributed by atoms with Crippen LogP contribution >= 0.6 is 45.8 Å². The number of aldehydes is 1. The van der Waals surface area contributed by atoms with Gasteiger partial charge in [0.25, 0.3) is 0 Å². The van der Waals surface area contributed by atoms with Crippen molar-refractivity contribution in [2.75, 3.05) is 6.61 Å². The number of halogens is 3. The Kier molecular flexibility index (Phi) is 6.35. The predicted octanol–water partition coefficient (Wildman–Crippen LogP) is 5.39. The summed E-state index contributed by atoms with van der Waals surface area (Å²) >= 11 is 14.0. The maximum atomic E-state index is 10.9. The molecule has 0 N–H and O–H groups in total. The molecule has 0 atom stereocenters.